The molecular formula is C24H31N5OS2. The standard InChI is InChI=1S/C24H31N5OS2/c1-3-17-10-12-18(13-11-17)23-26-19(16-32-23)15-22(30)25-14-6-9-21-27-28-24(31-2)29(21)20-7-4-5-8-20/h10-13,16,20H,3-9,14-15H2,1-2H3,(H,25,30). The van der Waals surface area contributed by atoms with Crippen molar-refractivity contribution in [2.45, 2.75) is 69.5 Å². The molecule has 4 rings (SSSR count). The van der Waals surface area contributed by atoms with Crippen molar-refractivity contribution in [1.82, 2.24) is 25.1 Å². The molecule has 1 aliphatic carbocycles. The number of nitrogens with one attached hydrogen (secondary N) is 1. The van der Waals surface area contributed by atoms with Crippen LogP contribution in [-0.2, 0) is 24.1 Å². The monoisotopic (exact) mass is 469 g/mol. The van der Waals surface area contributed by atoms with Gasteiger partial charge in [-0.3, -0.25) is 4.79 Å². The Morgan fingerprint density at radius 3 is 2.72 bits per heavy atom. The van der Waals surface area contributed by atoms with Crippen LogP contribution in [0.5, 0.6) is 0 Å². The molecule has 6 nitrogen and oxygen atoms in total. The first-order valence-corrected chi connectivity index (χ1v) is 13.6. The van der Waals surface area contributed by atoms with Crippen LogP contribution in [0.25, 0.3) is 10.6 Å². The first-order valence-electron chi connectivity index (χ1n) is 11.5. The molecule has 1 saturated carbocycles. The number of aryl methyl sites for hydroxylation is 2. The van der Waals surface area contributed by atoms with E-state index in [-0.39, 0.29) is 5.91 Å². The van der Waals surface area contributed by atoms with Crippen LogP contribution < -0.4 is 5.32 Å². The molecule has 2 aromatic heterocycles. The number of hydrogen-bond acceptors (Lipinski definition) is 6. The molecule has 1 N–H and O–H groups in total. The molecule has 0 unspecified atom stereocenters. The molecule has 2 heterocycles. The van der Waals surface area contributed by atoms with E-state index in [0.29, 0.717) is 19.0 Å². The van der Waals surface area contributed by atoms with Gasteiger partial charge in [-0.25, -0.2) is 4.98 Å². The molecule has 0 spiro atoms. The van der Waals surface area contributed by atoms with Crippen molar-refractivity contribution < 1.29 is 4.79 Å². The summed E-state index contributed by atoms with van der Waals surface area (Å²) in [4.78, 5) is 17.0. The van der Waals surface area contributed by atoms with Crippen molar-refractivity contribution in [3.8, 4) is 10.6 Å². The van der Waals surface area contributed by atoms with E-state index in [1.54, 1.807) is 23.1 Å². The molecule has 1 aliphatic rings. The van der Waals surface area contributed by atoms with Crippen LogP contribution in [0, 0.1) is 0 Å². The lowest BCUT2D eigenvalue weighted by Gasteiger charge is -2.16. The molecule has 1 fully saturated rings. The Morgan fingerprint density at radius 1 is 1.22 bits per heavy atom. The highest BCUT2D eigenvalue weighted by atomic mass is 32.2. The van der Waals surface area contributed by atoms with Gasteiger partial charge in [0.05, 0.1) is 12.1 Å². The highest BCUT2D eigenvalue weighted by Crippen LogP contribution is 2.33. The predicted molar refractivity (Wildman–Crippen MR) is 131 cm³/mol. The summed E-state index contributed by atoms with van der Waals surface area (Å²) in [5.41, 5.74) is 3.25. The number of carbonyl (C=O) groups is 1. The largest absolute Gasteiger partial charge is 0.356 e. The van der Waals surface area contributed by atoms with E-state index in [1.807, 2.05) is 5.38 Å². The summed E-state index contributed by atoms with van der Waals surface area (Å²) in [6.07, 6.45) is 10.1. The maximum Gasteiger partial charge on any atom is 0.226 e. The number of rotatable bonds is 10. The minimum Gasteiger partial charge on any atom is -0.356 e. The Kier molecular flexibility index (Phi) is 7.97. The summed E-state index contributed by atoms with van der Waals surface area (Å²) < 4.78 is 2.34. The van der Waals surface area contributed by atoms with Gasteiger partial charge in [-0.05, 0) is 37.5 Å². The van der Waals surface area contributed by atoms with Gasteiger partial charge >= 0.3 is 0 Å². The van der Waals surface area contributed by atoms with Crippen LogP contribution in [-0.4, -0.2) is 38.5 Å². The van der Waals surface area contributed by atoms with Crippen molar-refractivity contribution in [2.75, 3.05) is 12.8 Å². The third kappa shape index (κ3) is 5.59. The smallest absolute Gasteiger partial charge is 0.226 e. The van der Waals surface area contributed by atoms with Gasteiger partial charge in [0.2, 0.25) is 5.91 Å². The quantitative estimate of drug-likeness (QED) is 0.331. The number of benzene rings is 1. The number of hydrogen-bond donors (Lipinski definition) is 1. The first kappa shape index (κ1) is 23.0. The van der Waals surface area contributed by atoms with Crippen molar-refractivity contribution in [3.63, 3.8) is 0 Å². The minimum atomic E-state index is 0.0187. The topological polar surface area (TPSA) is 72.7 Å². The van der Waals surface area contributed by atoms with Crippen LogP contribution >= 0.6 is 23.1 Å². The zero-order chi connectivity index (χ0) is 22.3. The van der Waals surface area contributed by atoms with Crippen LogP contribution in [0.4, 0.5) is 0 Å². The minimum absolute atomic E-state index is 0.0187. The number of aromatic nitrogens is 4. The predicted octanol–water partition coefficient (Wildman–Crippen LogP) is 5.09. The summed E-state index contributed by atoms with van der Waals surface area (Å²) in [5.74, 6) is 1.07. The molecule has 8 heteroatoms. The third-order valence-electron chi connectivity index (χ3n) is 6.01. The van der Waals surface area contributed by atoms with Gasteiger partial charge in [0.15, 0.2) is 5.16 Å². The molecule has 1 aromatic carbocycles. The van der Waals surface area contributed by atoms with E-state index in [9.17, 15) is 4.79 Å². The van der Waals surface area contributed by atoms with Crippen molar-refractivity contribution >= 4 is 29.0 Å². The van der Waals surface area contributed by atoms with E-state index >= 15 is 0 Å². The fraction of sp³-hybridized carbons (Fsp3) is 0.500. The lowest BCUT2D eigenvalue weighted by atomic mass is 10.1. The van der Waals surface area contributed by atoms with E-state index < -0.39 is 0 Å². The number of nitrogens with zero attached hydrogens (tertiary/aromatic N) is 4. The fourth-order valence-corrected chi connectivity index (χ4v) is 5.65. The first-order chi connectivity index (χ1) is 15.7. The van der Waals surface area contributed by atoms with Gasteiger partial charge in [-0.15, -0.1) is 21.5 Å². The molecule has 0 atom stereocenters. The van der Waals surface area contributed by atoms with Gasteiger partial charge in [0.25, 0.3) is 0 Å². The van der Waals surface area contributed by atoms with E-state index in [0.717, 1.165) is 46.5 Å². The maximum absolute atomic E-state index is 12.4. The SMILES string of the molecule is CCc1ccc(-c2nc(CC(=O)NCCCc3nnc(SC)n3C3CCCC3)cs2)cc1. The molecule has 1 amide bonds. The molecule has 0 saturated heterocycles. The van der Waals surface area contributed by atoms with Crippen molar-refractivity contribution in [2.24, 2.45) is 0 Å². The molecule has 0 aliphatic heterocycles. The average molecular weight is 470 g/mol. The molecular weight excluding hydrogens is 438 g/mol. The van der Waals surface area contributed by atoms with Crippen LogP contribution in [0.1, 0.15) is 62.2 Å². The lowest BCUT2D eigenvalue weighted by Crippen LogP contribution is -2.26. The van der Waals surface area contributed by atoms with Crippen LogP contribution in [0.15, 0.2) is 34.8 Å². The Hall–Kier alpha value is -2.19. The number of amides is 1. The van der Waals surface area contributed by atoms with Crippen LogP contribution in [0.3, 0.4) is 0 Å². The van der Waals surface area contributed by atoms with E-state index in [2.05, 4.69) is 62.5 Å². The number of thiazole rings is 1. The molecule has 170 valence electrons. The van der Waals surface area contributed by atoms with Gasteiger partial charge in [0.1, 0.15) is 10.8 Å². The maximum atomic E-state index is 12.4. The lowest BCUT2D eigenvalue weighted by molar-refractivity contribution is -0.120. The Labute approximate surface area is 198 Å². The third-order valence-corrected chi connectivity index (χ3v) is 7.59. The average Bonchev–Trinajstić information content (AvgIpc) is 3.57. The van der Waals surface area contributed by atoms with Gasteiger partial charge in [0, 0.05) is 30.0 Å². The van der Waals surface area contributed by atoms with E-state index in [4.69, 9.17) is 0 Å². The molecule has 3 aromatic rings. The van der Waals surface area contributed by atoms with Crippen LogP contribution in [0.2, 0.25) is 0 Å². The Balaban J connectivity index is 1.25. The second-order valence-electron chi connectivity index (χ2n) is 8.24. The van der Waals surface area contributed by atoms with Gasteiger partial charge < -0.3 is 9.88 Å². The Morgan fingerprint density at radius 2 is 2.00 bits per heavy atom. The number of carbonyl (C=O) groups excluding carboxylic acids is 1. The second kappa shape index (κ2) is 11.1. The second-order valence-corrected chi connectivity index (χ2v) is 9.87. The van der Waals surface area contributed by atoms with Gasteiger partial charge in [-0.2, -0.15) is 0 Å². The Bertz CT molecular complexity index is 1020. The summed E-state index contributed by atoms with van der Waals surface area (Å²) in [6.45, 7) is 2.79. The zero-order valence-electron chi connectivity index (χ0n) is 18.8. The highest BCUT2D eigenvalue weighted by Gasteiger charge is 2.23. The summed E-state index contributed by atoms with van der Waals surface area (Å²) >= 11 is 3.25. The molecule has 0 bridgehead atoms. The van der Waals surface area contributed by atoms with E-state index in [1.165, 1.54) is 31.2 Å². The summed E-state index contributed by atoms with van der Waals surface area (Å²) in [7, 11) is 0. The van der Waals surface area contributed by atoms with Crippen molar-refractivity contribution in [1.29, 1.82) is 0 Å². The van der Waals surface area contributed by atoms with Gasteiger partial charge in [-0.1, -0.05) is 55.8 Å². The van der Waals surface area contributed by atoms with Crippen molar-refractivity contribution in [3.05, 3.63) is 46.7 Å². The summed E-state index contributed by atoms with van der Waals surface area (Å²) in [6, 6.07) is 9.02. The highest BCUT2D eigenvalue weighted by molar-refractivity contribution is 7.98. The normalized spacial score (nSPS) is 14.2. The number of thioether (sulfide) groups is 1. The fourth-order valence-electron chi connectivity index (χ4n) is 4.25. The zero-order valence-corrected chi connectivity index (χ0v) is 20.5. The molecule has 32 heavy (non-hydrogen) atoms. The summed E-state index contributed by atoms with van der Waals surface area (Å²) in [5, 5.41) is 15.8. The molecule has 0 radical (unpaired) electrons.